The van der Waals surface area contributed by atoms with Crippen molar-refractivity contribution in [1.82, 2.24) is 4.90 Å². The standard InChI is InChI=1S/C20H22ClF3N2O/c1-14-11-15(3-6-19(14)27-2)13-25-7-9-26(10-8-25)16-4-5-18(21)17(12-16)20(22,23)24/h3-6,11-12H,7-10,13H2,1-2H3. The number of aryl methyl sites for hydroxylation is 1. The molecule has 146 valence electrons. The van der Waals surface area contributed by atoms with Crippen LogP contribution in [-0.2, 0) is 12.7 Å². The van der Waals surface area contributed by atoms with Gasteiger partial charge in [-0.05, 0) is 42.3 Å². The summed E-state index contributed by atoms with van der Waals surface area (Å²) in [5, 5.41) is -0.264. The molecule has 27 heavy (non-hydrogen) atoms. The smallest absolute Gasteiger partial charge is 0.417 e. The molecule has 3 nitrogen and oxygen atoms in total. The second-order valence-corrected chi connectivity index (χ2v) is 7.14. The van der Waals surface area contributed by atoms with E-state index in [1.54, 1.807) is 13.2 Å². The molecule has 2 aromatic rings. The van der Waals surface area contributed by atoms with Crippen molar-refractivity contribution < 1.29 is 17.9 Å². The lowest BCUT2D eigenvalue weighted by atomic mass is 10.1. The van der Waals surface area contributed by atoms with Crippen molar-refractivity contribution in [3.8, 4) is 5.75 Å². The summed E-state index contributed by atoms with van der Waals surface area (Å²) in [5.41, 5.74) is 2.08. The van der Waals surface area contributed by atoms with Crippen LogP contribution in [0.4, 0.5) is 18.9 Å². The highest BCUT2D eigenvalue weighted by Gasteiger charge is 2.34. The first-order valence-corrected chi connectivity index (χ1v) is 9.13. The molecule has 1 heterocycles. The number of piperazine rings is 1. The van der Waals surface area contributed by atoms with E-state index in [1.165, 1.54) is 11.6 Å². The summed E-state index contributed by atoms with van der Waals surface area (Å²) >= 11 is 5.71. The van der Waals surface area contributed by atoms with Gasteiger partial charge in [0.15, 0.2) is 0 Å². The van der Waals surface area contributed by atoms with Crippen LogP contribution in [0.1, 0.15) is 16.7 Å². The maximum absolute atomic E-state index is 13.1. The minimum absolute atomic E-state index is 0.264. The van der Waals surface area contributed by atoms with Crippen molar-refractivity contribution in [2.75, 3.05) is 38.2 Å². The van der Waals surface area contributed by atoms with E-state index in [2.05, 4.69) is 11.0 Å². The molecule has 0 unspecified atom stereocenters. The maximum Gasteiger partial charge on any atom is 0.417 e. The average Bonchev–Trinajstić information content (AvgIpc) is 2.62. The van der Waals surface area contributed by atoms with Gasteiger partial charge in [-0.25, -0.2) is 0 Å². The Bertz CT molecular complexity index is 802. The molecule has 1 aliphatic rings. The van der Waals surface area contributed by atoms with Gasteiger partial charge in [0.2, 0.25) is 0 Å². The number of methoxy groups -OCH3 is 1. The van der Waals surface area contributed by atoms with E-state index < -0.39 is 11.7 Å². The van der Waals surface area contributed by atoms with Crippen LogP contribution in [0.15, 0.2) is 36.4 Å². The molecule has 0 saturated carbocycles. The molecule has 2 aromatic carbocycles. The monoisotopic (exact) mass is 398 g/mol. The SMILES string of the molecule is COc1ccc(CN2CCN(c3ccc(Cl)c(C(F)(F)F)c3)CC2)cc1C. The minimum atomic E-state index is -4.44. The number of benzene rings is 2. The van der Waals surface area contributed by atoms with Crippen molar-refractivity contribution in [2.24, 2.45) is 0 Å². The Labute approximate surface area is 162 Å². The Morgan fingerprint density at radius 3 is 2.33 bits per heavy atom. The minimum Gasteiger partial charge on any atom is -0.496 e. The number of ether oxygens (including phenoxy) is 1. The van der Waals surface area contributed by atoms with E-state index in [9.17, 15) is 13.2 Å². The largest absolute Gasteiger partial charge is 0.496 e. The lowest BCUT2D eigenvalue weighted by molar-refractivity contribution is -0.137. The number of alkyl halides is 3. The second kappa shape index (κ2) is 7.98. The summed E-state index contributed by atoms with van der Waals surface area (Å²) in [6.07, 6.45) is -4.44. The van der Waals surface area contributed by atoms with Gasteiger partial charge in [-0.15, -0.1) is 0 Å². The third-order valence-electron chi connectivity index (χ3n) is 4.86. The summed E-state index contributed by atoms with van der Waals surface area (Å²) < 4.78 is 44.5. The van der Waals surface area contributed by atoms with E-state index in [0.29, 0.717) is 18.8 Å². The van der Waals surface area contributed by atoms with Gasteiger partial charge in [-0.1, -0.05) is 23.7 Å². The van der Waals surface area contributed by atoms with Crippen LogP contribution in [0.25, 0.3) is 0 Å². The van der Waals surface area contributed by atoms with Crippen LogP contribution < -0.4 is 9.64 Å². The molecule has 0 spiro atoms. The molecule has 0 radical (unpaired) electrons. The molecular formula is C20H22ClF3N2O. The van der Waals surface area contributed by atoms with Gasteiger partial charge in [0.05, 0.1) is 17.7 Å². The van der Waals surface area contributed by atoms with E-state index in [1.807, 2.05) is 24.0 Å². The summed E-state index contributed by atoms with van der Waals surface area (Å²) in [6.45, 7) is 5.75. The number of halogens is 4. The Morgan fingerprint density at radius 2 is 1.74 bits per heavy atom. The van der Waals surface area contributed by atoms with Gasteiger partial charge in [0.25, 0.3) is 0 Å². The molecule has 7 heteroatoms. The lowest BCUT2D eigenvalue weighted by Crippen LogP contribution is -2.46. The van der Waals surface area contributed by atoms with Crippen LogP contribution >= 0.6 is 11.6 Å². The maximum atomic E-state index is 13.1. The highest BCUT2D eigenvalue weighted by atomic mass is 35.5. The van der Waals surface area contributed by atoms with Gasteiger partial charge < -0.3 is 9.64 Å². The van der Waals surface area contributed by atoms with E-state index >= 15 is 0 Å². The Hall–Kier alpha value is -1.92. The molecular weight excluding hydrogens is 377 g/mol. The normalized spacial score (nSPS) is 15.9. The molecule has 3 rings (SSSR count). The molecule has 0 atom stereocenters. The number of hydrogen-bond donors (Lipinski definition) is 0. The lowest BCUT2D eigenvalue weighted by Gasteiger charge is -2.36. The van der Waals surface area contributed by atoms with Crippen molar-refractivity contribution in [3.63, 3.8) is 0 Å². The molecule has 0 N–H and O–H groups in total. The van der Waals surface area contributed by atoms with Gasteiger partial charge in [0.1, 0.15) is 5.75 Å². The van der Waals surface area contributed by atoms with Gasteiger partial charge in [-0.3, -0.25) is 4.90 Å². The van der Waals surface area contributed by atoms with E-state index in [0.717, 1.165) is 37.0 Å². The molecule has 0 amide bonds. The van der Waals surface area contributed by atoms with Gasteiger partial charge >= 0.3 is 6.18 Å². The molecule has 1 fully saturated rings. The number of anilines is 1. The van der Waals surface area contributed by atoms with Crippen molar-refractivity contribution in [3.05, 3.63) is 58.1 Å². The average molecular weight is 399 g/mol. The first-order valence-electron chi connectivity index (χ1n) is 8.75. The second-order valence-electron chi connectivity index (χ2n) is 6.73. The van der Waals surface area contributed by atoms with Gasteiger partial charge in [-0.2, -0.15) is 13.2 Å². The highest BCUT2D eigenvalue weighted by molar-refractivity contribution is 6.31. The first-order chi connectivity index (χ1) is 12.8. The van der Waals surface area contributed by atoms with Gasteiger partial charge in [0, 0.05) is 38.4 Å². The molecule has 0 bridgehead atoms. The predicted molar refractivity (Wildman–Crippen MR) is 102 cm³/mol. The number of nitrogens with zero attached hydrogens (tertiary/aromatic N) is 2. The van der Waals surface area contributed by atoms with E-state index in [4.69, 9.17) is 16.3 Å². The fraction of sp³-hybridized carbons (Fsp3) is 0.400. The molecule has 1 aliphatic heterocycles. The molecule has 0 aromatic heterocycles. The zero-order valence-electron chi connectivity index (χ0n) is 15.3. The summed E-state index contributed by atoms with van der Waals surface area (Å²) in [4.78, 5) is 4.28. The zero-order chi connectivity index (χ0) is 19.6. The topological polar surface area (TPSA) is 15.7 Å². The summed E-state index contributed by atoms with van der Waals surface area (Å²) in [5.74, 6) is 0.867. The summed E-state index contributed by atoms with van der Waals surface area (Å²) in [6, 6.07) is 10.2. The fourth-order valence-corrected chi connectivity index (χ4v) is 3.61. The van der Waals surface area contributed by atoms with Crippen LogP contribution in [0.2, 0.25) is 5.02 Å². The third kappa shape index (κ3) is 4.68. The van der Waals surface area contributed by atoms with Crippen molar-refractivity contribution >= 4 is 17.3 Å². The Morgan fingerprint density at radius 1 is 1.04 bits per heavy atom. The molecule has 1 saturated heterocycles. The van der Waals surface area contributed by atoms with Crippen LogP contribution in [0, 0.1) is 6.92 Å². The quantitative estimate of drug-likeness (QED) is 0.721. The van der Waals surface area contributed by atoms with Crippen molar-refractivity contribution in [1.29, 1.82) is 0 Å². The summed E-state index contributed by atoms with van der Waals surface area (Å²) in [7, 11) is 1.65. The van der Waals surface area contributed by atoms with Crippen molar-refractivity contribution in [2.45, 2.75) is 19.6 Å². The first kappa shape index (κ1) is 19.8. The van der Waals surface area contributed by atoms with Crippen LogP contribution in [-0.4, -0.2) is 38.2 Å². The zero-order valence-corrected chi connectivity index (χ0v) is 16.1. The Kier molecular flexibility index (Phi) is 5.86. The van der Waals surface area contributed by atoms with E-state index in [-0.39, 0.29) is 5.02 Å². The molecule has 0 aliphatic carbocycles. The van der Waals surface area contributed by atoms with Crippen LogP contribution in [0.5, 0.6) is 5.75 Å². The third-order valence-corrected chi connectivity index (χ3v) is 5.19. The number of rotatable bonds is 4. The highest BCUT2D eigenvalue weighted by Crippen LogP contribution is 2.37. The van der Waals surface area contributed by atoms with Crippen LogP contribution in [0.3, 0.4) is 0 Å². The fourth-order valence-electron chi connectivity index (χ4n) is 3.39. The Balaban J connectivity index is 1.63. The number of hydrogen-bond acceptors (Lipinski definition) is 3. The predicted octanol–water partition coefficient (Wildman–Crippen LogP) is 5.00.